The Labute approximate surface area is 108 Å². The Morgan fingerprint density at radius 1 is 1.11 bits per heavy atom. The molecule has 4 unspecified atom stereocenters. The van der Waals surface area contributed by atoms with E-state index in [4.69, 9.17) is 10.8 Å². The van der Waals surface area contributed by atoms with Gasteiger partial charge in [0.15, 0.2) is 0 Å². The van der Waals surface area contributed by atoms with Crippen LogP contribution in [0.4, 0.5) is 0 Å². The van der Waals surface area contributed by atoms with Crippen molar-refractivity contribution in [2.45, 2.75) is 57.4 Å². The Morgan fingerprint density at radius 3 is 2.39 bits per heavy atom. The molecule has 18 heavy (non-hydrogen) atoms. The molecule has 2 rings (SSSR count). The number of hydrogen-bond donors (Lipinski definition) is 2. The van der Waals surface area contributed by atoms with E-state index in [1.807, 2.05) is 0 Å². The average molecular weight is 253 g/mol. The maximum atomic E-state index is 11.9. The lowest BCUT2D eigenvalue weighted by molar-refractivity contribution is -0.137. The van der Waals surface area contributed by atoms with Gasteiger partial charge in [0.05, 0.1) is 0 Å². The van der Waals surface area contributed by atoms with Gasteiger partial charge < -0.3 is 10.8 Å². The van der Waals surface area contributed by atoms with Crippen LogP contribution < -0.4 is 5.73 Å². The standard InChI is InChI=1S/C14H23NO3/c15-14-10-6-5-9(7-10)12(14)8-11(16)3-1-2-4-13(17)18/h9-10,12,14H,1-8,15H2,(H,17,18). The minimum absolute atomic E-state index is 0.168. The Morgan fingerprint density at radius 2 is 1.78 bits per heavy atom. The van der Waals surface area contributed by atoms with E-state index in [0.29, 0.717) is 43.4 Å². The van der Waals surface area contributed by atoms with Gasteiger partial charge in [-0.15, -0.1) is 0 Å². The molecule has 4 atom stereocenters. The molecule has 0 saturated heterocycles. The Balaban J connectivity index is 1.67. The van der Waals surface area contributed by atoms with Crippen molar-refractivity contribution in [3.8, 4) is 0 Å². The highest BCUT2D eigenvalue weighted by atomic mass is 16.4. The maximum absolute atomic E-state index is 11.9. The molecule has 0 heterocycles. The molecular formula is C14H23NO3. The Kier molecular flexibility index (Phi) is 4.38. The minimum Gasteiger partial charge on any atom is -0.481 e. The molecule has 2 aliphatic carbocycles. The molecule has 0 amide bonds. The summed E-state index contributed by atoms with van der Waals surface area (Å²) in [7, 11) is 0. The molecule has 4 nitrogen and oxygen atoms in total. The zero-order valence-corrected chi connectivity index (χ0v) is 10.8. The van der Waals surface area contributed by atoms with Gasteiger partial charge in [0.1, 0.15) is 5.78 Å². The molecule has 102 valence electrons. The van der Waals surface area contributed by atoms with Crippen LogP contribution >= 0.6 is 0 Å². The zero-order chi connectivity index (χ0) is 13.1. The van der Waals surface area contributed by atoms with Gasteiger partial charge in [-0.1, -0.05) is 0 Å². The molecule has 2 saturated carbocycles. The van der Waals surface area contributed by atoms with Gasteiger partial charge in [0.25, 0.3) is 0 Å². The number of carboxylic acid groups (broad SMARTS) is 1. The van der Waals surface area contributed by atoms with Crippen molar-refractivity contribution in [2.24, 2.45) is 23.5 Å². The lowest BCUT2D eigenvalue weighted by atomic mass is 9.81. The second kappa shape index (κ2) is 5.83. The van der Waals surface area contributed by atoms with Crippen molar-refractivity contribution in [3.05, 3.63) is 0 Å². The molecule has 4 heteroatoms. The fourth-order valence-electron chi connectivity index (χ4n) is 3.72. The van der Waals surface area contributed by atoms with Crippen LogP contribution in [-0.4, -0.2) is 22.9 Å². The summed E-state index contributed by atoms with van der Waals surface area (Å²) in [6.45, 7) is 0. The number of fused-ring (bicyclic) bond motifs is 2. The fourth-order valence-corrected chi connectivity index (χ4v) is 3.72. The quantitative estimate of drug-likeness (QED) is 0.680. The number of rotatable bonds is 7. The van der Waals surface area contributed by atoms with Crippen LogP contribution in [0.2, 0.25) is 0 Å². The first-order valence-corrected chi connectivity index (χ1v) is 7.07. The lowest BCUT2D eigenvalue weighted by Crippen LogP contribution is -2.36. The maximum Gasteiger partial charge on any atom is 0.303 e. The SMILES string of the molecule is NC1C2CCC(C2)C1CC(=O)CCCCC(=O)O. The van der Waals surface area contributed by atoms with Crippen LogP contribution in [0.5, 0.6) is 0 Å². The number of unbranched alkanes of at least 4 members (excludes halogenated alkanes) is 1. The van der Waals surface area contributed by atoms with Gasteiger partial charge in [0, 0.05) is 25.3 Å². The van der Waals surface area contributed by atoms with Gasteiger partial charge in [-0.3, -0.25) is 9.59 Å². The van der Waals surface area contributed by atoms with Crippen molar-refractivity contribution in [1.29, 1.82) is 0 Å². The van der Waals surface area contributed by atoms with E-state index < -0.39 is 5.97 Å². The summed E-state index contributed by atoms with van der Waals surface area (Å²) in [4.78, 5) is 22.2. The summed E-state index contributed by atoms with van der Waals surface area (Å²) in [6, 6.07) is 0.228. The highest BCUT2D eigenvalue weighted by molar-refractivity contribution is 5.78. The first-order chi connectivity index (χ1) is 8.58. The van der Waals surface area contributed by atoms with E-state index in [1.54, 1.807) is 0 Å². The van der Waals surface area contributed by atoms with Crippen molar-refractivity contribution in [2.75, 3.05) is 0 Å². The molecule has 0 aromatic rings. The van der Waals surface area contributed by atoms with E-state index in [2.05, 4.69) is 0 Å². The number of carboxylic acids is 1. The zero-order valence-electron chi connectivity index (χ0n) is 10.8. The first-order valence-electron chi connectivity index (χ1n) is 7.07. The predicted molar refractivity (Wildman–Crippen MR) is 68.0 cm³/mol. The molecule has 0 spiro atoms. The van der Waals surface area contributed by atoms with E-state index >= 15 is 0 Å². The van der Waals surface area contributed by atoms with E-state index in [9.17, 15) is 9.59 Å². The number of Topliss-reactive ketones (excluding diaryl/α,β-unsaturated/α-hetero) is 1. The Bertz CT molecular complexity index is 327. The first kappa shape index (κ1) is 13.5. The minimum atomic E-state index is -0.780. The van der Waals surface area contributed by atoms with E-state index in [1.165, 1.54) is 19.3 Å². The van der Waals surface area contributed by atoms with Crippen LogP contribution in [0.15, 0.2) is 0 Å². The predicted octanol–water partition coefficient (Wildman–Crippen LogP) is 1.96. The largest absolute Gasteiger partial charge is 0.481 e. The molecular weight excluding hydrogens is 230 g/mol. The molecule has 2 bridgehead atoms. The number of hydrogen-bond acceptors (Lipinski definition) is 3. The van der Waals surface area contributed by atoms with Gasteiger partial charge in [-0.2, -0.15) is 0 Å². The lowest BCUT2D eigenvalue weighted by Gasteiger charge is -2.27. The summed E-state index contributed by atoms with van der Waals surface area (Å²) in [6.07, 6.45) is 6.32. The highest BCUT2D eigenvalue weighted by Crippen LogP contribution is 2.48. The van der Waals surface area contributed by atoms with Crippen LogP contribution in [0.25, 0.3) is 0 Å². The summed E-state index contributed by atoms with van der Waals surface area (Å²) >= 11 is 0. The Hall–Kier alpha value is -0.900. The number of carbonyl (C=O) groups is 2. The third kappa shape index (κ3) is 3.10. The molecule has 3 N–H and O–H groups in total. The molecule has 2 aliphatic rings. The van der Waals surface area contributed by atoms with Crippen LogP contribution in [-0.2, 0) is 9.59 Å². The summed E-state index contributed by atoms with van der Waals surface area (Å²) in [5.74, 6) is 1.22. The number of nitrogens with two attached hydrogens (primary N) is 1. The number of ketones is 1. The van der Waals surface area contributed by atoms with Crippen molar-refractivity contribution >= 4 is 11.8 Å². The monoisotopic (exact) mass is 253 g/mol. The third-order valence-corrected chi connectivity index (χ3v) is 4.72. The van der Waals surface area contributed by atoms with Crippen LogP contribution in [0, 0.1) is 17.8 Å². The van der Waals surface area contributed by atoms with Crippen LogP contribution in [0.3, 0.4) is 0 Å². The van der Waals surface area contributed by atoms with Gasteiger partial charge in [0.2, 0.25) is 0 Å². The average Bonchev–Trinajstić information content (AvgIpc) is 2.88. The molecule has 0 radical (unpaired) electrons. The molecule has 0 aromatic carbocycles. The molecule has 0 aliphatic heterocycles. The summed E-state index contributed by atoms with van der Waals surface area (Å²) in [5.41, 5.74) is 6.18. The topological polar surface area (TPSA) is 80.4 Å². The second-order valence-electron chi connectivity index (χ2n) is 5.92. The summed E-state index contributed by atoms with van der Waals surface area (Å²) in [5, 5.41) is 8.51. The highest BCUT2D eigenvalue weighted by Gasteiger charge is 2.45. The van der Waals surface area contributed by atoms with E-state index in [0.717, 1.165) is 0 Å². The fraction of sp³-hybridized carbons (Fsp3) is 0.857. The summed E-state index contributed by atoms with van der Waals surface area (Å²) < 4.78 is 0. The van der Waals surface area contributed by atoms with Crippen molar-refractivity contribution in [3.63, 3.8) is 0 Å². The molecule has 0 aromatic heterocycles. The van der Waals surface area contributed by atoms with Crippen LogP contribution in [0.1, 0.15) is 51.4 Å². The molecule has 2 fully saturated rings. The van der Waals surface area contributed by atoms with Crippen molar-refractivity contribution in [1.82, 2.24) is 0 Å². The number of aliphatic carboxylic acids is 1. The van der Waals surface area contributed by atoms with E-state index in [-0.39, 0.29) is 18.2 Å². The second-order valence-corrected chi connectivity index (χ2v) is 5.92. The third-order valence-electron chi connectivity index (χ3n) is 4.72. The smallest absolute Gasteiger partial charge is 0.303 e. The normalized spacial score (nSPS) is 33.8. The number of carbonyl (C=O) groups excluding carboxylic acids is 1. The van der Waals surface area contributed by atoms with Crippen molar-refractivity contribution < 1.29 is 14.7 Å². The van der Waals surface area contributed by atoms with Gasteiger partial charge in [-0.25, -0.2) is 0 Å². The van der Waals surface area contributed by atoms with Gasteiger partial charge in [-0.05, 0) is 49.9 Å². The van der Waals surface area contributed by atoms with Gasteiger partial charge >= 0.3 is 5.97 Å².